The first kappa shape index (κ1) is 28.0. The molecule has 10 nitrogen and oxygen atoms in total. The van der Waals surface area contributed by atoms with E-state index < -0.39 is 28.1 Å². The molecular weight excluding hydrogens is 521 g/mol. The lowest BCUT2D eigenvalue weighted by atomic mass is 10.1. The van der Waals surface area contributed by atoms with E-state index in [1.165, 1.54) is 37.4 Å². The Hall–Kier alpha value is -3.23. The third-order valence-electron chi connectivity index (χ3n) is 4.49. The molecule has 0 aromatic heterocycles. The van der Waals surface area contributed by atoms with Gasteiger partial charge in [0, 0.05) is 23.8 Å². The van der Waals surface area contributed by atoms with E-state index in [-0.39, 0.29) is 26.9 Å². The number of carbonyl (C=O) groups is 2. The van der Waals surface area contributed by atoms with Crippen LogP contribution in [0, 0.1) is 0 Å². The van der Waals surface area contributed by atoms with Crippen molar-refractivity contribution in [3.05, 3.63) is 47.0 Å². The minimum Gasteiger partial charge on any atom is -0.495 e. The molecule has 192 valence electrons. The van der Waals surface area contributed by atoms with Gasteiger partial charge < -0.3 is 24.6 Å². The van der Waals surface area contributed by atoms with Crippen LogP contribution in [0.3, 0.4) is 0 Å². The number of carboxylic acid groups (broad SMARTS) is 2. The Morgan fingerprint density at radius 2 is 1.71 bits per heavy atom. The first-order valence-electron chi connectivity index (χ1n) is 9.62. The largest absolute Gasteiger partial charge is 0.495 e. The van der Waals surface area contributed by atoms with Crippen LogP contribution >= 0.6 is 11.6 Å². The third-order valence-corrected chi connectivity index (χ3v) is 6.13. The fourth-order valence-corrected chi connectivity index (χ4v) is 4.40. The standard InChI is InChI=1S/C18H19ClN2O6S.C2HF3O2/c1-26-16-5-2-12(19)10-17(16)28(24,25)20-13-3-4-15(14(11-13)18(22)23)21-6-8-27-9-7-21;3-2(4,5)1(6)7/h2-5,10-11,20H,6-9H2,1H3,(H,22,23);(H,6,7). The number of sulfonamides is 1. The number of aliphatic carboxylic acids is 1. The van der Waals surface area contributed by atoms with Crippen LogP contribution in [-0.2, 0) is 19.6 Å². The summed E-state index contributed by atoms with van der Waals surface area (Å²) in [6.45, 7) is 2.13. The Labute approximate surface area is 202 Å². The maximum absolute atomic E-state index is 12.8. The first-order chi connectivity index (χ1) is 16.3. The molecule has 1 aliphatic rings. The molecule has 3 rings (SSSR count). The van der Waals surface area contributed by atoms with Crippen molar-refractivity contribution in [2.24, 2.45) is 0 Å². The smallest absolute Gasteiger partial charge is 0.490 e. The highest BCUT2D eigenvalue weighted by Gasteiger charge is 2.38. The molecule has 0 aliphatic carbocycles. The SMILES string of the molecule is COc1ccc(Cl)cc1S(=O)(=O)Nc1ccc(N2CCOCC2)c(C(=O)O)c1.O=C(O)C(F)(F)F. The van der Waals surface area contributed by atoms with Gasteiger partial charge in [-0.2, -0.15) is 13.2 Å². The quantitative estimate of drug-likeness (QED) is 0.503. The van der Waals surface area contributed by atoms with Gasteiger partial charge in [0.2, 0.25) is 0 Å². The average molecular weight is 541 g/mol. The van der Waals surface area contributed by atoms with Gasteiger partial charge in [-0.25, -0.2) is 18.0 Å². The average Bonchev–Trinajstić information content (AvgIpc) is 2.79. The molecule has 0 bridgehead atoms. The molecule has 2 aromatic carbocycles. The van der Waals surface area contributed by atoms with Crippen LogP contribution < -0.4 is 14.4 Å². The second-order valence-electron chi connectivity index (χ2n) is 6.84. The summed E-state index contributed by atoms with van der Waals surface area (Å²) >= 11 is 5.92. The van der Waals surface area contributed by atoms with Crippen molar-refractivity contribution in [3.63, 3.8) is 0 Å². The van der Waals surface area contributed by atoms with Crippen LogP contribution in [0.2, 0.25) is 5.02 Å². The van der Waals surface area contributed by atoms with Gasteiger partial charge in [-0.3, -0.25) is 4.72 Å². The molecule has 0 amide bonds. The van der Waals surface area contributed by atoms with Crippen molar-refractivity contribution in [3.8, 4) is 5.75 Å². The summed E-state index contributed by atoms with van der Waals surface area (Å²) < 4.78 is 70.1. The molecule has 0 atom stereocenters. The zero-order chi connectivity index (χ0) is 26.4. The van der Waals surface area contributed by atoms with E-state index in [4.69, 9.17) is 31.0 Å². The maximum Gasteiger partial charge on any atom is 0.490 e. The highest BCUT2D eigenvalue weighted by Crippen LogP contribution is 2.31. The normalized spacial score (nSPS) is 13.9. The highest BCUT2D eigenvalue weighted by atomic mass is 35.5. The Bertz CT molecular complexity index is 1190. The second kappa shape index (κ2) is 11.5. The highest BCUT2D eigenvalue weighted by molar-refractivity contribution is 7.92. The number of hydrogen-bond donors (Lipinski definition) is 3. The lowest BCUT2D eigenvalue weighted by Gasteiger charge is -2.30. The fraction of sp³-hybridized carbons (Fsp3) is 0.300. The van der Waals surface area contributed by atoms with E-state index in [1.807, 2.05) is 4.90 Å². The number of morpholine rings is 1. The molecule has 1 saturated heterocycles. The van der Waals surface area contributed by atoms with Crippen molar-refractivity contribution in [2.75, 3.05) is 43.0 Å². The van der Waals surface area contributed by atoms with E-state index in [1.54, 1.807) is 6.07 Å². The minimum atomic E-state index is -5.08. The van der Waals surface area contributed by atoms with Crippen LogP contribution in [-0.4, -0.2) is 70.2 Å². The summed E-state index contributed by atoms with van der Waals surface area (Å²) in [7, 11) is -2.70. The Morgan fingerprint density at radius 1 is 1.11 bits per heavy atom. The van der Waals surface area contributed by atoms with E-state index in [2.05, 4.69) is 4.72 Å². The molecule has 0 saturated carbocycles. The van der Waals surface area contributed by atoms with Gasteiger partial charge in [-0.1, -0.05) is 11.6 Å². The van der Waals surface area contributed by atoms with Crippen molar-refractivity contribution in [1.29, 1.82) is 0 Å². The van der Waals surface area contributed by atoms with Gasteiger partial charge in [0.25, 0.3) is 10.0 Å². The molecule has 35 heavy (non-hydrogen) atoms. The Kier molecular flexibility index (Phi) is 9.18. The number of carboxylic acids is 2. The minimum absolute atomic E-state index is 0.000147. The molecule has 0 radical (unpaired) electrons. The van der Waals surface area contributed by atoms with Crippen molar-refractivity contribution < 1.29 is 50.9 Å². The predicted octanol–water partition coefficient (Wildman–Crippen LogP) is 3.32. The van der Waals surface area contributed by atoms with Gasteiger partial charge in [0.1, 0.15) is 10.6 Å². The molecule has 2 aromatic rings. The van der Waals surface area contributed by atoms with Gasteiger partial charge in [-0.15, -0.1) is 0 Å². The molecule has 1 aliphatic heterocycles. The lowest BCUT2D eigenvalue weighted by molar-refractivity contribution is -0.192. The van der Waals surface area contributed by atoms with Crippen molar-refractivity contribution >= 4 is 44.9 Å². The number of alkyl halides is 3. The molecular formula is C20H20ClF3N2O8S. The topological polar surface area (TPSA) is 142 Å². The number of nitrogens with one attached hydrogen (secondary N) is 1. The zero-order valence-corrected chi connectivity index (χ0v) is 19.6. The number of hydrogen-bond acceptors (Lipinski definition) is 7. The number of methoxy groups -OCH3 is 1. The lowest BCUT2D eigenvalue weighted by Crippen LogP contribution is -2.37. The van der Waals surface area contributed by atoms with Gasteiger partial charge in [0.15, 0.2) is 0 Å². The maximum atomic E-state index is 12.8. The van der Waals surface area contributed by atoms with Crippen LogP contribution in [0.25, 0.3) is 0 Å². The number of halogens is 4. The van der Waals surface area contributed by atoms with Crippen LogP contribution in [0.15, 0.2) is 41.3 Å². The third kappa shape index (κ3) is 7.63. The summed E-state index contributed by atoms with van der Waals surface area (Å²) in [6, 6.07) is 8.62. The summed E-state index contributed by atoms with van der Waals surface area (Å²) in [6.07, 6.45) is -5.08. The van der Waals surface area contributed by atoms with Crippen molar-refractivity contribution in [2.45, 2.75) is 11.1 Å². The molecule has 3 N–H and O–H groups in total. The second-order valence-corrected chi connectivity index (χ2v) is 8.93. The van der Waals surface area contributed by atoms with E-state index in [0.717, 1.165) is 0 Å². The van der Waals surface area contributed by atoms with Crippen LogP contribution in [0.1, 0.15) is 10.4 Å². The van der Waals surface area contributed by atoms with Crippen LogP contribution in [0.4, 0.5) is 24.5 Å². The van der Waals surface area contributed by atoms with E-state index in [9.17, 15) is 31.5 Å². The summed E-state index contributed by atoms with van der Waals surface area (Å²) in [4.78, 5) is 22.4. The summed E-state index contributed by atoms with van der Waals surface area (Å²) in [5.41, 5.74) is 0.635. The fourth-order valence-electron chi connectivity index (χ4n) is 2.92. The monoisotopic (exact) mass is 540 g/mol. The molecule has 1 fully saturated rings. The molecule has 0 spiro atoms. The summed E-state index contributed by atoms with van der Waals surface area (Å²) in [5.74, 6) is -3.78. The van der Waals surface area contributed by atoms with Crippen LogP contribution in [0.5, 0.6) is 5.75 Å². The number of rotatable bonds is 6. The zero-order valence-electron chi connectivity index (χ0n) is 18.0. The number of ether oxygens (including phenoxy) is 2. The van der Waals surface area contributed by atoms with E-state index in [0.29, 0.717) is 32.0 Å². The Morgan fingerprint density at radius 3 is 2.23 bits per heavy atom. The number of anilines is 2. The number of aromatic carboxylic acids is 1. The number of benzene rings is 2. The predicted molar refractivity (Wildman–Crippen MR) is 119 cm³/mol. The van der Waals surface area contributed by atoms with E-state index >= 15 is 0 Å². The molecule has 1 heterocycles. The molecule has 15 heteroatoms. The Balaban J connectivity index is 0.000000540. The van der Waals surface area contributed by atoms with Gasteiger partial charge in [-0.05, 0) is 36.4 Å². The molecule has 0 unspecified atom stereocenters. The van der Waals surface area contributed by atoms with Crippen molar-refractivity contribution in [1.82, 2.24) is 0 Å². The van der Waals surface area contributed by atoms with Gasteiger partial charge in [0.05, 0.1) is 31.6 Å². The summed E-state index contributed by atoms with van der Waals surface area (Å²) in [5, 5.41) is 16.9. The first-order valence-corrected chi connectivity index (χ1v) is 11.5. The van der Waals surface area contributed by atoms with Gasteiger partial charge >= 0.3 is 18.1 Å². The number of nitrogens with zero attached hydrogens (tertiary/aromatic N) is 1.